The monoisotopic (exact) mass is 399 g/mol. The molecule has 0 atom stereocenters. The molecule has 0 spiro atoms. The van der Waals surface area contributed by atoms with Gasteiger partial charge < -0.3 is 10.1 Å². The first kappa shape index (κ1) is 17.5. The van der Waals surface area contributed by atoms with Crippen molar-refractivity contribution in [2.45, 2.75) is 6.92 Å². The van der Waals surface area contributed by atoms with Gasteiger partial charge in [0.1, 0.15) is 10.6 Å². The van der Waals surface area contributed by atoms with Gasteiger partial charge in [-0.25, -0.2) is 4.63 Å². The molecule has 1 amide bonds. The summed E-state index contributed by atoms with van der Waals surface area (Å²) in [5, 5.41) is 11.8. The quantitative estimate of drug-likeness (QED) is 0.512. The third-order valence-corrected chi connectivity index (χ3v) is 5.82. The summed E-state index contributed by atoms with van der Waals surface area (Å²) in [6, 6.07) is 13.1. The summed E-state index contributed by atoms with van der Waals surface area (Å²) in [4.78, 5) is 13.2. The summed E-state index contributed by atoms with van der Waals surface area (Å²) in [5.74, 6) is 0.612. The number of fused-ring (bicyclic) bond motifs is 1. The van der Waals surface area contributed by atoms with Gasteiger partial charge in [0, 0.05) is 15.6 Å². The standard InChI is InChI=1S/C19H14ClN3O3S/c1-10-9-11(25-2)7-8-12(10)16-18(23-26-22-16)21-19(24)17-15(20)13-5-3-4-6-14(13)27-17/h3-9H,1-2H3,(H,21,23,24). The number of rotatable bonds is 4. The van der Waals surface area contributed by atoms with Gasteiger partial charge in [0.15, 0.2) is 5.69 Å². The Hall–Kier alpha value is -2.90. The second kappa shape index (κ2) is 7.02. The highest BCUT2D eigenvalue weighted by Crippen LogP contribution is 2.36. The summed E-state index contributed by atoms with van der Waals surface area (Å²) in [6.07, 6.45) is 0. The van der Waals surface area contributed by atoms with Gasteiger partial charge in [-0.2, -0.15) is 0 Å². The molecule has 4 aromatic rings. The minimum Gasteiger partial charge on any atom is -0.497 e. The number of ether oxygens (including phenoxy) is 1. The van der Waals surface area contributed by atoms with Crippen LogP contribution in [0.15, 0.2) is 47.1 Å². The fourth-order valence-electron chi connectivity index (χ4n) is 2.80. The highest BCUT2D eigenvalue weighted by Gasteiger charge is 2.21. The molecule has 0 aliphatic carbocycles. The van der Waals surface area contributed by atoms with Crippen molar-refractivity contribution < 1.29 is 14.2 Å². The summed E-state index contributed by atoms with van der Waals surface area (Å²) >= 11 is 7.71. The highest BCUT2D eigenvalue weighted by molar-refractivity contribution is 7.21. The highest BCUT2D eigenvalue weighted by atomic mass is 35.5. The van der Waals surface area contributed by atoms with Crippen LogP contribution in [0.5, 0.6) is 5.75 Å². The summed E-state index contributed by atoms with van der Waals surface area (Å²) < 4.78 is 11.0. The normalized spacial score (nSPS) is 10.9. The number of aryl methyl sites for hydroxylation is 1. The second-order valence-electron chi connectivity index (χ2n) is 5.84. The Balaban J connectivity index is 1.67. The van der Waals surface area contributed by atoms with Crippen LogP contribution >= 0.6 is 22.9 Å². The molecule has 4 rings (SSSR count). The number of hydrogen-bond acceptors (Lipinski definition) is 6. The van der Waals surface area contributed by atoms with Gasteiger partial charge in [0.25, 0.3) is 5.91 Å². The maximum absolute atomic E-state index is 12.8. The van der Waals surface area contributed by atoms with E-state index in [1.807, 2.05) is 49.4 Å². The molecular weight excluding hydrogens is 386 g/mol. The number of nitrogens with zero attached hydrogens (tertiary/aromatic N) is 2. The molecule has 0 radical (unpaired) electrons. The second-order valence-corrected chi connectivity index (χ2v) is 7.27. The van der Waals surface area contributed by atoms with Crippen molar-refractivity contribution >= 4 is 44.7 Å². The summed E-state index contributed by atoms with van der Waals surface area (Å²) in [7, 11) is 1.60. The van der Waals surface area contributed by atoms with Crippen molar-refractivity contribution in [2.75, 3.05) is 12.4 Å². The number of benzene rings is 2. The molecular formula is C19H14ClN3O3S. The SMILES string of the molecule is COc1ccc(-c2nonc2NC(=O)c2sc3ccccc3c2Cl)c(C)c1. The number of carbonyl (C=O) groups is 1. The van der Waals surface area contributed by atoms with E-state index in [0.29, 0.717) is 15.6 Å². The van der Waals surface area contributed by atoms with E-state index in [1.165, 1.54) is 11.3 Å². The number of methoxy groups -OCH3 is 1. The predicted molar refractivity (Wildman–Crippen MR) is 106 cm³/mol. The Morgan fingerprint density at radius 1 is 1.22 bits per heavy atom. The summed E-state index contributed by atoms with van der Waals surface area (Å²) in [5.41, 5.74) is 2.15. The van der Waals surface area contributed by atoms with Crippen molar-refractivity contribution in [3.63, 3.8) is 0 Å². The van der Waals surface area contributed by atoms with Gasteiger partial charge in [0.2, 0.25) is 5.82 Å². The molecule has 0 saturated heterocycles. The lowest BCUT2D eigenvalue weighted by molar-refractivity contribution is 0.102. The van der Waals surface area contributed by atoms with Crippen molar-refractivity contribution in [3.05, 3.63) is 57.9 Å². The fourth-order valence-corrected chi connectivity index (χ4v) is 4.21. The van der Waals surface area contributed by atoms with E-state index in [2.05, 4.69) is 15.6 Å². The third-order valence-electron chi connectivity index (χ3n) is 4.15. The first-order chi connectivity index (χ1) is 13.1. The van der Waals surface area contributed by atoms with Crippen LogP contribution in [0, 0.1) is 6.92 Å². The van der Waals surface area contributed by atoms with Crippen molar-refractivity contribution in [2.24, 2.45) is 0 Å². The zero-order valence-electron chi connectivity index (χ0n) is 14.4. The van der Waals surface area contributed by atoms with Gasteiger partial charge in [-0.15, -0.1) is 11.3 Å². The van der Waals surface area contributed by atoms with Crippen LogP contribution < -0.4 is 10.1 Å². The smallest absolute Gasteiger partial charge is 0.268 e. The molecule has 0 unspecified atom stereocenters. The van der Waals surface area contributed by atoms with Crippen LogP contribution in [0.3, 0.4) is 0 Å². The average Bonchev–Trinajstić information content (AvgIpc) is 3.26. The molecule has 27 heavy (non-hydrogen) atoms. The maximum atomic E-state index is 12.8. The molecule has 6 nitrogen and oxygen atoms in total. The number of nitrogens with one attached hydrogen (secondary N) is 1. The molecule has 8 heteroatoms. The maximum Gasteiger partial charge on any atom is 0.268 e. The Morgan fingerprint density at radius 3 is 2.78 bits per heavy atom. The largest absolute Gasteiger partial charge is 0.497 e. The van der Waals surface area contributed by atoms with Crippen LogP contribution in [0.25, 0.3) is 21.3 Å². The number of hydrogen-bond donors (Lipinski definition) is 1. The zero-order valence-corrected chi connectivity index (χ0v) is 16.0. The lowest BCUT2D eigenvalue weighted by Gasteiger charge is -2.07. The lowest BCUT2D eigenvalue weighted by Crippen LogP contribution is -2.11. The van der Waals surface area contributed by atoms with E-state index in [1.54, 1.807) is 7.11 Å². The summed E-state index contributed by atoms with van der Waals surface area (Å²) in [6.45, 7) is 1.92. The van der Waals surface area contributed by atoms with E-state index >= 15 is 0 Å². The van der Waals surface area contributed by atoms with E-state index in [4.69, 9.17) is 21.0 Å². The topological polar surface area (TPSA) is 77.2 Å². The van der Waals surface area contributed by atoms with E-state index < -0.39 is 0 Å². The molecule has 2 heterocycles. The molecule has 0 saturated carbocycles. The molecule has 0 bridgehead atoms. The predicted octanol–water partition coefficient (Wildman–Crippen LogP) is 5.17. The number of amides is 1. The van der Waals surface area contributed by atoms with Crippen molar-refractivity contribution in [3.8, 4) is 17.0 Å². The van der Waals surface area contributed by atoms with Crippen LogP contribution in [-0.4, -0.2) is 23.3 Å². The van der Waals surface area contributed by atoms with Gasteiger partial charge >= 0.3 is 0 Å². The van der Waals surface area contributed by atoms with Crippen molar-refractivity contribution in [1.82, 2.24) is 10.3 Å². The molecule has 2 aromatic carbocycles. The molecule has 0 aliphatic heterocycles. The van der Waals surface area contributed by atoms with E-state index in [0.717, 1.165) is 27.0 Å². The van der Waals surface area contributed by atoms with Gasteiger partial charge in [-0.3, -0.25) is 4.79 Å². The number of thiophene rings is 1. The van der Waals surface area contributed by atoms with Crippen LogP contribution in [0.4, 0.5) is 5.82 Å². The molecule has 0 fully saturated rings. The zero-order chi connectivity index (χ0) is 19.0. The number of aromatic nitrogens is 2. The molecule has 2 aromatic heterocycles. The van der Waals surface area contributed by atoms with Crippen LogP contribution in [-0.2, 0) is 0 Å². The fraction of sp³-hybridized carbons (Fsp3) is 0.105. The molecule has 136 valence electrons. The van der Waals surface area contributed by atoms with Crippen LogP contribution in [0.2, 0.25) is 5.02 Å². The van der Waals surface area contributed by atoms with Crippen LogP contribution in [0.1, 0.15) is 15.2 Å². The number of carbonyl (C=O) groups excluding carboxylic acids is 1. The lowest BCUT2D eigenvalue weighted by atomic mass is 10.1. The van der Waals surface area contributed by atoms with E-state index in [-0.39, 0.29) is 11.7 Å². The first-order valence-corrected chi connectivity index (χ1v) is 9.24. The Bertz CT molecular complexity index is 1150. The minimum atomic E-state index is -0.357. The van der Waals surface area contributed by atoms with Gasteiger partial charge in [0.05, 0.1) is 12.1 Å². The third kappa shape index (κ3) is 3.15. The van der Waals surface area contributed by atoms with Crippen molar-refractivity contribution in [1.29, 1.82) is 0 Å². The Labute approximate surface area is 163 Å². The molecule has 0 aliphatic rings. The minimum absolute atomic E-state index is 0.238. The van der Waals surface area contributed by atoms with Gasteiger partial charge in [-0.05, 0) is 47.1 Å². The Morgan fingerprint density at radius 2 is 2.04 bits per heavy atom. The number of anilines is 1. The molecule has 1 N–H and O–H groups in total. The van der Waals surface area contributed by atoms with Gasteiger partial charge in [-0.1, -0.05) is 29.8 Å². The first-order valence-electron chi connectivity index (χ1n) is 8.04. The Kier molecular flexibility index (Phi) is 4.55. The number of halogens is 1. The average molecular weight is 400 g/mol. The van der Waals surface area contributed by atoms with E-state index in [9.17, 15) is 4.79 Å².